The molecule has 0 radical (unpaired) electrons. The molecule has 0 bridgehead atoms. The summed E-state index contributed by atoms with van der Waals surface area (Å²) in [6.07, 6.45) is 3.54. The van der Waals surface area contributed by atoms with E-state index >= 15 is 0 Å². The third-order valence-corrected chi connectivity index (χ3v) is 2.21. The van der Waals surface area contributed by atoms with Crippen LogP contribution in [0, 0.1) is 17.2 Å². The Balaban J connectivity index is 2.31. The van der Waals surface area contributed by atoms with Crippen molar-refractivity contribution in [3.8, 4) is 6.07 Å². The number of aliphatic imine (C=N–C) groups is 1. The zero-order valence-corrected chi connectivity index (χ0v) is 8.52. The maximum atomic E-state index is 8.77. The Morgan fingerprint density at radius 3 is 2.93 bits per heavy atom. The van der Waals surface area contributed by atoms with Crippen LogP contribution >= 0.6 is 11.6 Å². The molecule has 0 aromatic carbocycles. The van der Waals surface area contributed by atoms with E-state index in [1.165, 1.54) is 0 Å². The lowest BCUT2D eigenvalue weighted by atomic mass is 10.0. The first kappa shape index (κ1) is 9.81. The Kier molecular flexibility index (Phi) is 2.75. The molecule has 1 atom stereocenters. The van der Waals surface area contributed by atoms with E-state index in [9.17, 15) is 0 Å². The van der Waals surface area contributed by atoms with E-state index in [2.05, 4.69) is 21.3 Å². The summed E-state index contributed by atoms with van der Waals surface area (Å²) in [6, 6.07) is 5.57. The van der Waals surface area contributed by atoms with Crippen LogP contribution in [-0.2, 0) is 0 Å². The summed E-state index contributed by atoms with van der Waals surface area (Å²) in [6.45, 7) is 0.515. The van der Waals surface area contributed by atoms with E-state index in [4.69, 9.17) is 16.9 Å². The van der Waals surface area contributed by atoms with Gasteiger partial charge in [0.25, 0.3) is 0 Å². The second-order valence-electron chi connectivity index (χ2n) is 3.09. The number of halogens is 1. The summed E-state index contributed by atoms with van der Waals surface area (Å²) in [5.41, 5.74) is 1.50. The third-order valence-electron chi connectivity index (χ3n) is 2.01. The lowest BCUT2D eigenvalue weighted by molar-refractivity contribution is 0.831. The molecule has 0 aliphatic carbocycles. The lowest BCUT2D eigenvalue weighted by Crippen LogP contribution is -2.06. The lowest BCUT2D eigenvalue weighted by Gasteiger charge is -2.08. The Hall–Kier alpha value is -1.73. The molecule has 1 aliphatic rings. The largest absolute Gasteiger partial charge is 0.291 e. The van der Waals surface area contributed by atoms with E-state index in [1.54, 1.807) is 18.3 Å². The van der Waals surface area contributed by atoms with Crippen LogP contribution in [-0.4, -0.2) is 23.0 Å². The average molecular weight is 219 g/mol. The molecular weight excluding hydrogens is 212 g/mol. The van der Waals surface area contributed by atoms with Crippen molar-refractivity contribution in [3.05, 3.63) is 29.1 Å². The van der Waals surface area contributed by atoms with E-state index < -0.39 is 0 Å². The number of dihydropyridines is 1. The minimum atomic E-state index is -0.178. The van der Waals surface area contributed by atoms with Gasteiger partial charge in [-0.15, -0.1) is 10.2 Å². The molecule has 0 amide bonds. The number of aromatic nitrogens is 2. The fraction of sp³-hybridized carbons (Fsp3) is 0.200. The molecule has 5 heteroatoms. The van der Waals surface area contributed by atoms with Crippen LogP contribution in [0.1, 0.15) is 5.69 Å². The van der Waals surface area contributed by atoms with Crippen LogP contribution in [0.4, 0.5) is 0 Å². The summed E-state index contributed by atoms with van der Waals surface area (Å²) in [5.74, 6) is -0.178. The molecule has 1 unspecified atom stereocenters. The second-order valence-corrected chi connectivity index (χ2v) is 3.48. The first-order chi connectivity index (χ1) is 7.29. The predicted molar refractivity (Wildman–Crippen MR) is 57.5 cm³/mol. The van der Waals surface area contributed by atoms with Crippen LogP contribution in [0.25, 0.3) is 5.57 Å². The van der Waals surface area contributed by atoms with Crippen LogP contribution in [0.2, 0.25) is 5.15 Å². The highest BCUT2D eigenvalue weighted by atomic mass is 35.5. The van der Waals surface area contributed by atoms with Gasteiger partial charge in [0.2, 0.25) is 0 Å². The normalized spacial score (nSPS) is 19.5. The van der Waals surface area contributed by atoms with Gasteiger partial charge in [0.15, 0.2) is 5.15 Å². The average Bonchev–Trinajstić information content (AvgIpc) is 2.30. The number of hydrogen-bond acceptors (Lipinski definition) is 4. The van der Waals surface area contributed by atoms with Crippen LogP contribution < -0.4 is 0 Å². The number of nitriles is 1. The van der Waals surface area contributed by atoms with Crippen LogP contribution in [0.3, 0.4) is 0 Å². The first-order valence-electron chi connectivity index (χ1n) is 4.40. The molecule has 2 heterocycles. The molecule has 0 saturated heterocycles. The summed E-state index contributed by atoms with van der Waals surface area (Å²) < 4.78 is 0. The van der Waals surface area contributed by atoms with Crippen molar-refractivity contribution in [3.63, 3.8) is 0 Å². The Morgan fingerprint density at radius 1 is 1.40 bits per heavy atom. The summed E-state index contributed by atoms with van der Waals surface area (Å²) >= 11 is 5.63. The van der Waals surface area contributed by atoms with E-state index in [1.807, 2.05) is 6.08 Å². The number of rotatable bonds is 1. The van der Waals surface area contributed by atoms with Gasteiger partial charge in [0, 0.05) is 11.8 Å². The van der Waals surface area contributed by atoms with E-state index in [-0.39, 0.29) is 5.92 Å². The van der Waals surface area contributed by atoms with Crippen molar-refractivity contribution < 1.29 is 0 Å². The number of nitrogens with zero attached hydrogens (tertiary/aromatic N) is 4. The van der Waals surface area contributed by atoms with Gasteiger partial charge in [-0.3, -0.25) is 4.99 Å². The van der Waals surface area contributed by atoms with Crippen LogP contribution in [0.5, 0.6) is 0 Å². The molecule has 1 aliphatic heterocycles. The van der Waals surface area contributed by atoms with Crippen molar-refractivity contribution in [2.45, 2.75) is 0 Å². The summed E-state index contributed by atoms with van der Waals surface area (Å²) in [7, 11) is 0. The van der Waals surface area contributed by atoms with Gasteiger partial charge in [0.05, 0.1) is 24.2 Å². The van der Waals surface area contributed by atoms with Gasteiger partial charge < -0.3 is 0 Å². The monoisotopic (exact) mass is 218 g/mol. The number of allylic oxidation sites excluding steroid dienone is 1. The Morgan fingerprint density at radius 2 is 2.27 bits per heavy atom. The van der Waals surface area contributed by atoms with Gasteiger partial charge in [-0.1, -0.05) is 17.7 Å². The van der Waals surface area contributed by atoms with Crippen molar-refractivity contribution >= 4 is 23.4 Å². The van der Waals surface area contributed by atoms with Gasteiger partial charge in [-0.25, -0.2) is 0 Å². The standard InChI is InChI=1S/C10H7ClN4/c11-10-2-1-9(14-15-10)8-3-7(4-12)5-13-6-8/h1-3,6-7H,5H2. The minimum Gasteiger partial charge on any atom is -0.291 e. The fourth-order valence-electron chi connectivity index (χ4n) is 1.28. The highest BCUT2D eigenvalue weighted by molar-refractivity contribution is 6.29. The zero-order chi connectivity index (χ0) is 10.7. The molecule has 4 nitrogen and oxygen atoms in total. The number of hydrogen-bond donors (Lipinski definition) is 0. The molecule has 15 heavy (non-hydrogen) atoms. The summed E-state index contributed by atoms with van der Waals surface area (Å²) in [5, 5.41) is 16.8. The zero-order valence-electron chi connectivity index (χ0n) is 7.76. The highest BCUT2D eigenvalue weighted by Crippen LogP contribution is 2.17. The van der Waals surface area contributed by atoms with Gasteiger partial charge in [-0.2, -0.15) is 5.26 Å². The second kappa shape index (κ2) is 4.20. The van der Waals surface area contributed by atoms with Crippen molar-refractivity contribution in [1.29, 1.82) is 5.26 Å². The molecule has 74 valence electrons. The molecule has 1 aromatic rings. The SMILES string of the molecule is N#CC1C=C(c2ccc(Cl)nn2)C=NC1. The quantitative estimate of drug-likeness (QED) is 0.721. The van der Waals surface area contributed by atoms with Crippen molar-refractivity contribution in [1.82, 2.24) is 10.2 Å². The van der Waals surface area contributed by atoms with Gasteiger partial charge >= 0.3 is 0 Å². The highest BCUT2D eigenvalue weighted by Gasteiger charge is 2.11. The Labute approximate surface area is 91.9 Å². The maximum Gasteiger partial charge on any atom is 0.151 e. The van der Waals surface area contributed by atoms with Crippen molar-refractivity contribution in [2.75, 3.05) is 6.54 Å². The Bertz CT molecular complexity index is 455. The third kappa shape index (κ3) is 2.20. The first-order valence-corrected chi connectivity index (χ1v) is 4.78. The topological polar surface area (TPSA) is 61.9 Å². The molecule has 0 spiro atoms. The van der Waals surface area contributed by atoms with E-state index in [0.717, 1.165) is 5.57 Å². The molecule has 0 saturated carbocycles. The fourth-order valence-corrected chi connectivity index (χ4v) is 1.38. The summed E-state index contributed by atoms with van der Waals surface area (Å²) in [4.78, 5) is 4.09. The van der Waals surface area contributed by atoms with E-state index in [0.29, 0.717) is 17.4 Å². The van der Waals surface area contributed by atoms with Crippen molar-refractivity contribution in [2.24, 2.45) is 10.9 Å². The van der Waals surface area contributed by atoms with Gasteiger partial charge in [0.1, 0.15) is 0 Å². The molecule has 2 rings (SSSR count). The smallest absolute Gasteiger partial charge is 0.151 e. The van der Waals surface area contributed by atoms with Gasteiger partial charge in [-0.05, 0) is 12.1 Å². The maximum absolute atomic E-state index is 8.77. The molecule has 0 fully saturated rings. The molecule has 1 aromatic heterocycles. The van der Waals surface area contributed by atoms with Crippen LogP contribution in [0.15, 0.2) is 23.2 Å². The molecule has 0 N–H and O–H groups in total. The minimum absolute atomic E-state index is 0.178. The predicted octanol–water partition coefficient (Wildman–Crippen LogP) is 1.74. The molecular formula is C10H7ClN4.